The van der Waals surface area contributed by atoms with Crippen LogP contribution in [0.2, 0.25) is 0 Å². The van der Waals surface area contributed by atoms with Crippen molar-refractivity contribution in [3.63, 3.8) is 0 Å². The minimum atomic E-state index is 0.120. The first kappa shape index (κ1) is 10.7. The molecule has 1 unspecified atom stereocenters. The molecule has 0 radical (unpaired) electrons. The van der Waals surface area contributed by atoms with Crippen LogP contribution in [-0.4, -0.2) is 26.0 Å². The zero-order valence-corrected chi connectivity index (χ0v) is 9.59. The van der Waals surface area contributed by atoms with Gasteiger partial charge in [0.2, 0.25) is 6.79 Å². The summed E-state index contributed by atoms with van der Waals surface area (Å²) in [6.45, 7) is 2.17. The molecule has 1 fully saturated rings. The molecule has 3 rings (SSSR count). The van der Waals surface area contributed by atoms with Crippen molar-refractivity contribution in [2.75, 3.05) is 24.8 Å². The molecule has 5 nitrogen and oxygen atoms in total. The van der Waals surface area contributed by atoms with Crippen molar-refractivity contribution in [3.05, 3.63) is 18.2 Å². The number of benzene rings is 1. The van der Waals surface area contributed by atoms with Gasteiger partial charge in [-0.25, -0.2) is 5.90 Å². The third-order valence-electron chi connectivity index (χ3n) is 3.29. The van der Waals surface area contributed by atoms with E-state index in [0.29, 0.717) is 6.79 Å². The summed E-state index contributed by atoms with van der Waals surface area (Å²) in [5.74, 6) is 6.90. The van der Waals surface area contributed by atoms with E-state index >= 15 is 0 Å². The Hall–Kier alpha value is -1.46. The largest absolute Gasteiger partial charge is 0.454 e. The number of anilines is 1. The highest BCUT2D eigenvalue weighted by molar-refractivity contribution is 5.57. The molecule has 5 heteroatoms. The van der Waals surface area contributed by atoms with Crippen LogP contribution in [0.4, 0.5) is 5.69 Å². The molecular formula is C12H16N2O3. The Morgan fingerprint density at radius 1 is 1.29 bits per heavy atom. The summed E-state index contributed by atoms with van der Waals surface area (Å²) in [6.07, 6.45) is 2.24. The highest BCUT2D eigenvalue weighted by Gasteiger charge is 2.22. The van der Waals surface area contributed by atoms with Gasteiger partial charge in [-0.2, -0.15) is 0 Å². The van der Waals surface area contributed by atoms with Gasteiger partial charge >= 0.3 is 0 Å². The number of ether oxygens (including phenoxy) is 2. The lowest BCUT2D eigenvalue weighted by atomic mass is 10.1. The lowest BCUT2D eigenvalue weighted by Crippen LogP contribution is -2.40. The standard InChI is InChI=1S/C12H16N2O3/c13-17-10-2-1-5-14(7-10)9-3-4-11-12(6-9)16-8-15-11/h3-4,6,10H,1-2,5,7-8,13H2. The quantitative estimate of drug-likeness (QED) is 0.784. The number of nitrogens with zero attached hydrogens (tertiary/aromatic N) is 1. The van der Waals surface area contributed by atoms with Gasteiger partial charge in [0.05, 0.1) is 6.10 Å². The van der Waals surface area contributed by atoms with Crippen molar-refractivity contribution in [2.45, 2.75) is 18.9 Å². The highest BCUT2D eigenvalue weighted by atomic mass is 16.7. The second-order valence-corrected chi connectivity index (χ2v) is 4.38. The number of fused-ring (bicyclic) bond motifs is 1. The van der Waals surface area contributed by atoms with Crippen LogP contribution in [0.15, 0.2) is 18.2 Å². The van der Waals surface area contributed by atoms with Crippen molar-refractivity contribution in [1.82, 2.24) is 0 Å². The second-order valence-electron chi connectivity index (χ2n) is 4.38. The van der Waals surface area contributed by atoms with E-state index in [1.54, 1.807) is 0 Å². The summed E-state index contributed by atoms with van der Waals surface area (Å²) in [7, 11) is 0. The molecule has 92 valence electrons. The lowest BCUT2D eigenvalue weighted by molar-refractivity contribution is 0.0435. The molecule has 0 aliphatic carbocycles. The summed E-state index contributed by atoms with van der Waals surface area (Å²) >= 11 is 0. The third kappa shape index (κ3) is 2.03. The Balaban J connectivity index is 1.79. The lowest BCUT2D eigenvalue weighted by Gasteiger charge is -2.33. The van der Waals surface area contributed by atoms with E-state index in [4.69, 9.17) is 20.2 Å². The van der Waals surface area contributed by atoms with Crippen molar-refractivity contribution in [2.24, 2.45) is 5.90 Å². The summed E-state index contributed by atoms with van der Waals surface area (Å²) < 4.78 is 10.7. The molecule has 1 atom stereocenters. The Morgan fingerprint density at radius 2 is 2.18 bits per heavy atom. The zero-order valence-electron chi connectivity index (χ0n) is 9.59. The summed E-state index contributed by atoms with van der Waals surface area (Å²) in [5.41, 5.74) is 1.14. The molecule has 1 aromatic carbocycles. The molecule has 17 heavy (non-hydrogen) atoms. The molecule has 0 bridgehead atoms. The van der Waals surface area contributed by atoms with E-state index in [2.05, 4.69) is 4.90 Å². The average Bonchev–Trinajstić information content (AvgIpc) is 2.86. The highest BCUT2D eigenvalue weighted by Crippen LogP contribution is 2.36. The fraction of sp³-hybridized carbons (Fsp3) is 0.500. The van der Waals surface area contributed by atoms with Crippen LogP contribution in [0, 0.1) is 0 Å². The average molecular weight is 236 g/mol. The maximum Gasteiger partial charge on any atom is 0.231 e. The van der Waals surface area contributed by atoms with Gasteiger partial charge in [0.1, 0.15) is 0 Å². The van der Waals surface area contributed by atoms with Gasteiger partial charge in [-0.3, -0.25) is 4.84 Å². The van der Waals surface area contributed by atoms with Crippen LogP contribution in [0.1, 0.15) is 12.8 Å². The number of hydrogen-bond acceptors (Lipinski definition) is 5. The maximum absolute atomic E-state index is 5.38. The Morgan fingerprint density at radius 3 is 3.06 bits per heavy atom. The molecule has 1 aromatic rings. The number of nitrogens with two attached hydrogens (primary N) is 1. The van der Waals surface area contributed by atoms with Crippen LogP contribution in [0.5, 0.6) is 11.5 Å². The van der Waals surface area contributed by atoms with Gasteiger partial charge < -0.3 is 14.4 Å². The molecule has 1 saturated heterocycles. The molecule has 2 aliphatic heterocycles. The fourth-order valence-corrected chi connectivity index (χ4v) is 2.37. The Labute approximate surface area is 100 Å². The molecule has 2 N–H and O–H groups in total. The van der Waals surface area contributed by atoms with Crippen molar-refractivity contribution in [1.29, 1.82) is 0 Å². The Kier molecular flexibility index (Phi) is 2.78. The molecule has 0 aromatic heterocycles. The summed E-state index contributed by atoms with van der Waals surface area (Å²) in [4.78, 5) is 7.20. The van der Waals surface area contributed by atoms with E-state index in [9.17, 15) is 0 Å². The summed E-state index contributed by atoms with van der Waals surface area (Å²) in [6, 6.07) is 6.01. The van der Waals surface area contributed by atoms with Crippen molar-refractivity contribution in [3.8, 4) is 11.5 Å². The number of rotatable bonds is 2. The van der Waals surface area contributed by atoms with Crippen LogP contribution in [-0.2, 0) is 4.84 Å². The number of hydrogen-bond donors (Lipinski definition) is 1. The minimum absolute atomic E-state index is 0.120. The van der Waals surface area contributed by atoms with Crippen LogP contribution < -0.4 is 20.3 Å². The van der Waals surface area contributed by atoms with Gasteiger partial charge in [-0.15, -0.1) is 0 Å². The van der Waals surface area contributed by atoms with Gasteiger partial charge in [-0.1, -0.05) is 0 Å². The topological polar surface area (TPSA) is 57.0 Å². The number of piperidine rings is 1. The molecule has 2 heterocycles. The van der Waals surface area contributed by atoms with Gasteiger partial charge in [0, 0.05) is 24.8 Å². The maximum atomic E-state index is 5.38. The van der Waals surface area contributed by atoms with E-state index < -0.39 is 0 Å². The SMILES string of the molecule is NOC1CCCN(c2ccc3c(c2)OCO3)C1. The second kappa shape index (κ2) is 4.43. The van der Waals surface area contributed by atoms with Gasteiger partial charge in [-0.05, 0) is 25.0 Å². The smallest absolute Gasteiger partial charge is 0.231 e. The first-order valence-corrected chi connectivity index (χ1v) is 5.87. The predicted molar refractivity (Wildman–Crippen MR) is 63.1 cm³/mol. The van der Waals surface area contributed by atoms with Crippen LogP contribution in [0.25, 0.3) is 0 Å². The normalized spacial score (nSPS) is 22.9. The molecule has 0 spiro atoms. The first-order valence-electron chi connectivity index (χ1n) is 5.87. The van der Waals surface area contributed by atoms with E-state index in [-0.39, 0.29) is 6.10 Å². The van der Waals surface area contributed by atoms with Gasteiger partial charge in [0.25, 0.3) is 0 Å². The van der Waals surface area contributed by atoms with E-state index in [0.717, 1.165) is 43.1 Å². The van der Waals surface area contributed by atoms with Crippen LogP contribution >= 0.6 is 0 Å². The van der Waals surface area contributed by atoms with Gasteiger partial charge in [0.15, 0.2) is 11.5 Å². The molecule has 2 aliphatic rings. The third-order valence-corrected chi connectivity index (χ3v) is 3.29. The Bertz CT molecular complexity index is 411. The minimum Gasteiger partial charge on any atom is -0.454 e. The van der Waals surface area contributed by atoms with E-state index in [1.165, 1.54) is 0 Å². The predicted octanol–water partition coefficient (Wildman–Crippen LogP) is 1.27. The zero-order chi connectivity index (χ0) is 11.7. The fourth-order valence-electron chi connectivity index (χ4n) is 2.37. The summed E-state index contributed by atoms with van der Waals surface area (Å²) in [5, 5.41) is 0. The first-order chi connectivity index (χ1) is 8.36. The molecule has 0 amide bonds. The van der Waals surface area contributed by atoms with E-state index in [1.807, 2.05) is 18.2 Å². The van der Waals surface area contributed by atoms with Crippen LogP contribution in [0.3, 0.4) is 0 Å². The monoisotopic (exact) mass is 236 g/mol. The molecule has 0 saturated carbocycles. The molecular weight excluding hydrogens is 220 g/mol. The van der Waals surface area contributed by atoms with Crippen molar-refractivity contribution < 1.29 is 14.3 Å². The van der Waals surface area contributed by atoms with Crippen molar-refractivity contribution >= 4 is 5.69 Å².